The number of hydrogen-bond acceptors (Lipinski definition) is 2. The Morgan fingerprint density at radius 1 is 1.25 bits per heavy atom. The maximum absolute atomic E-state index is 13.2. The van der Waals surface area contributed by atoms with Crippen molar-refractivity contribution >= 4 is 11.8 Å². The number of benzene rings is 1. The number of fused-ring (bicyclic) bond motifs is 1. The van der Waals surface area contributed by atoms with E-state index >= 15 is 0 Å². The molecular formula is C20H28N2O2. The van der Waals surface area contributed by atoms with E-state index in [1.165, 1.54) is 12.0 Å². The number of urea groups is 1. The lowest BCUT2D eigenvalue weighted by atomic mass is 9.62. The van der Waals surface area contributed by atoms with Gasteiger partial charge in [-0.1, -0.05) is 39.3 Å². The Morgan fingerprint density at radius 3 is 2.67 bits per heavy atom. The highest BCUT2D eigenvalue weighted by atomic mass is 16.2. The smallest absolute Gasteiger partial charge is 0.315 e. The lowest BCUT2D eigenvalue weighted by Gasteiger charge is -2.42. The molecule has 1 aromatic rings. The number of rotatable bonds is 2. The van der Waals surface area contributed by atoms with Crippen LogP contribution < -0.4 is 5.73 Å². The number of Topliss-reactive ketones (excluding diaryl/α,β-unsaturated/α-hetero) is 1. The SMILES string of the molecule is C[C@H]1CCCC(C)(C)[C@@H]1C(=O)c1ccc2c(c1)CCN(C(N)=O)C2. The predicted molar refractivity (Wildman–Crippen MR) is 94.8 cm³/mol. The van der Waals surface area contributed by atoms with Gasteiger partial charge in [-0.2, -0.15) is 0 Å². The fraction of sp³-hybridized carbons (Fsp3) is 0.600. The summed E-state index contributed by atoms with van der Waals surface area (Å²) in [5, 5.41) is 0. The van der Waals surface area contributed by atoms with E-state index < -0.39 is 0 Å². The van der Waals surface area contributed by atoms with Crippen molar-refractivity contribution < 1.29 is 9.59 Å². The van der Waals surface area contributed by atoms with Crippen molar-refractivity contribution in [3.05, 3.63) is 34.9 Å². The van der Waals surface area contributed by atoms with Crippen LogP contribution in [0.2, 0.25) is 0 Å². The Hall–Kier alpha value is -1.84. The molecular weight excluding hydrogens is 300 g/mol. The van der Waals surface area contributed by atoms with Crippen molar-refractivity contribution in [1.82, 2.24) is 4.90 Å². The summed E-state index contributed by atoms with van der Waals surface area (Å²) in [5.41, 5.74) is 8.55. The average Bonchev–Trinajstić information content (AvgIpc) is 2.52. The van der Waals surface area contributed by atoms with Crippen molar-refractivity contribution in [2.24, 2.45) is 23.0 Å². The van der Waals surface area contributed by atoms with Crippen LogP contribution in [-0.2, 0) is 13.0 Å². The zero-order valence-corrected chi connectivity index (χ0v) is 15.0. The summed E-state index contributed by atoms with van der Waals surface area (Å²) in [6.07, 6.45) is 4.23. The number of carbonyl (C=O) groups excluding carboxylic acids is 2. The lowest BCUT2D eigenvalue weighted by molar-refractivity contribution is 0.0539. The number of nitrogens with two attached hydrogens (primary N) is 1. The number of primary amides is 1. The monoisotopic (exact) mass is 328 g/mol. The molecule has 130 valence electrons. The molecule has 1 aliphatic heterocycles. The standard InChI is InChI=1S/C20H28N2O2/c1-13-5-4-9-20(2,3)17(13)18(23)15-6-7-16-12-22(19(21)24)10-8-14(16)11-15/h6-7,11,13,17H,4-5,8-10,12H2,1-3H3,(H2,21,24)/t13-,17-/m0/s1. The molecule has 1 saturated carbocycles. The summed E-state index contributed by atoms with van der Waals surface area (Å²) in [6, 6.07) is 5.60. The molecule has 0 unspecified atom stereocenters. The molecule has 24 heavy (non-hydrogen) atoms. The second-order valence-corrected chi connectivity index (χ2v) is 8.19. The van der Waals surface area contributed by atoms with E-state index in [4.69, 9.17) is 5.73 Å². The summed E-state index contributed by atoms with van der Waals surface area (Å²) in [7, 11) is 0. The number of amides is 2. The highest BCUT2D eigenvalue weighted by molar-refractivity contribution is 5.98. The van der Waals surface area contributed by atoms with Gasteiger partial charge < -0.3 is 10.6 Å². The van der Waals surface area contributed by atoms with Crippen LogP contribution in [0.15, 0.2) is 18.2 Å². The molecule has 0 bridgehead atoms. The van der Waals surface area contributed by atoms with E-state index in [1.54, 1.807) is 4.90 Å². The Balaban J connectivity index is 1.85. The highest BCUT2D eigenvalue weighted by Gasteiger charge is 2.41. The van der Waals surface area contributed by atoms with Crippen LogP contribution in [-0.4, -0.2) is 23.3 Å². The van der Waals surface area contributed by atoms with E-state index in [1.807, 2.05) is 18.2 Å². The number of carbonyl (C=O) groups is 2. The summed E-state index contributed by atoms with van der Waals surface area (Å²) < 4.78 is 0. The molecule has 2 atom stereocenters. The molecule has 2 aliphatic rings. The quantitative estimate of drug-likeness (QED) is 0.840. The summed E-state index contributed by atoms with van der Waals surface area (Å²) in [5.74, 6) is 0.810. The topological polar surface area (TPSA) is 63.4 Å². The first kappa shape index (κ1) is 17.0. The largest absolute Gasteiger partial charge is 0.351 e. The van der Waals surface area contributed by atoms with Crippen molar-refractivity contribution in [2.75, 3.05) is 6.54 Å². The van der Waals surface area contributed by atoms with E-state index in [0.717, 1.165) is 30.4 Å². The van der Waals surface area contributed by atoms with Crippen LogP contribution in [0.3, 0.4) is 0 Å². The minimum absolute atomic E-state index is 0.0629. The molecule has 0 saturated heterocycles. The van der Waals surface area contributed by atoms with Gasteiger partial charge in [0.05, 0.1) is 0 Å². The van der Waals surface area contributed by atoms with Crippen LogP contribution in [0.5, 0.6) is 0 Å². The van der Waals surface area contributed by atoms with Gasteiger partial charge in [0.2, 0.25) is 0 Å². The van der Waals surface area contributed by atoms with Crippen molar-refractivity contribution in [1.29, 1.82) is 0 Å². The molecule has 4 nitrogen and oxygen atoms in total. The highest BCUT2D eigenvalue weighted by Crippen LogP contribution is 2.45. The summed E-state index contributed by atoms with van der Waals surface area (Å²) in [4.78, 5) is 26.2. The van der Waals surface area contributed by atoms with E-state index in [-0.39, 0.29) is 23.1 Å². The van der Waals surface area contributed by atoms with Gasteiger partial charge in [-0.25, -0.2) is 4.79 Å². The Labute approximate surface area is 144 Å². The first-order chi connectivity index (χ1) is 11.3. The fourth-order valence-corrected chi connectivity index (χ4v) is 4.66. The van der Waals surface area contributed by atoms with Gasteiger partial charge in [0.25, 0.3) is 0 Å². The molecule has 1 fully saturated rings. The van der Waals surface area contributed by atoms with Crippen molar-refractivity contribution in [3.63, 3.8) is 0 Å². The third kappa shape index (κ3) is 3.06. The third-order valence-electron chi connectivity index (χ3n) is 5.99. The molecule has 2 amide bonds. The molecule has 1 heterocycles. The molecule has 0 aromatic heterocycles. The number of hydrogen-bond donors (Lipinski definition) is 1. The van der Waals surface area contributed by atoms with Gasteiger partial charge in [0, 0.05) is 24.6 Å². The third-order valence-corrected chi connectivity index (χ3v) is 5.99. The Kier molecular flexibility index (Phi) is 4.41. The normalized spacial score (nSPS) is 25.9. The van der Waals surface area contributed by atoms with Gasteiger partial charge in [0.15, 0.2) is 5.78 Å². The number of ketones is 1. The first-order valence-corrected chi connectivity index (χ1v) is 9.00. The maximum Gasteiger partial charge on any atom is 0.315 e. The van der Waals surface area contributed by atoms with Gasteiger partial charge in [-0.3, -0.25) is 4.79 Å². The minimum Gasteiger partial charge on any atom is -0.351 e. The molecule has 2 N–H and O–H groups in total. The van der Waals surface area contributed by atoms with Crippen LogP contribution in [0.4, 0.5) is 4.79 Å². The van der Waals surface area contributed by atoms with Gasteiger partial charge in [0.1, 0.15) is 0 Å². The molecule has 1 aliphatic carbocycles. The van der Waals surface area contributed by atoms with Crippen LogP contribution in [0.25, 0.3) is 0 Å². The Bertz CT molecular complexity index is 666. The zero-order valence-electron chi connectivity index (χ0n) is 15.0. The van der Waals surface area contributed by atoms with E-state index in [0.29, 0.717) is 19.0 Å². The lowest BCUT2D eigenvalue weighted by Crippen LogP contribution is -2.40. The molecule has 4 heteroatoms. The summed E-state index contributed by atoms with van der Waals surface area (Å²) in [6.45, 7) is 7.85. The zero-order chi connectivity index (χ0) is 17.5. The maximum atomic E-state index is 13.2. The van der Waals surface area contributed by atoms with Gasteiger partial charge in [-0.05, 0) is 47.8 Å². The van der Waals surface area contributed by atoms with E-state index in [9.17, 15) is 9.59 Å². The molecule has 0 radical (unpaired) electrons. The second-order valence-electron chi connectivity index (χ2n) is 8.19. The minimum atomic E-state index is -0.376. The van der Waals surface area contributed by atoms with Gasteiger partial charge >= 0.3 is 6.03 Å². The molecule has 0 spiro atoms. The average molecular weight is 328 g/mol. The number of nitrogens with zero attached hydrogens (tertiary/aromatic N) is 1. The first-order valence-electron chi connectivity index (χ1n) is 9.00. The Morgan fingerprint density at radius 2 is 2.00 bits per heavy atom. The molecule has 3 rings (SSSR count). The fourth-order valence-electron chi connectivity index (χ4n) is 4.66. The van der Waals surface area contributed by atoms with Crippen molar-refractivity contribution in [2.45, 2.75) is 53.0 Å². The van der Waals surface area contributed by atoms with Crippen LogP contribution in [0, 0.1) is 17.3 Å². The second kappa shape index (κ2) is 6.23. The van der Waals surface area contributed by atoms with Crippen molar-refractivity contribution in [3.8, 4) is 0 Å². The summed E-state index contributed by atoms with van der Waals surface area (Å²) >= 11 is 0. The molecule has 1 aromatic carbocycles. The predicted octanol–water partition coefficient (Wildman–Crippen LogP) is 3.77. The van der Waals surface area contributed by atoms with Crippen LogP contribution >= 0.6 is 0 Å². The van der Waals surface area contributed by atoms with Gasteiger partial charge in [-0.15, -0.1) is 0 Å². The van der Waals surface area contributed by atoms with E-state index in [2.05, 4.69) is 20.8 Å². The van der Waals surface area contributed by atoms with Crippen LogP contribution in [0.1, 0.15) is 61.5 Å².